The monoisotopic (exact) mass is 346 g/mol. The van der Waals surface area contributed by atoms with Crippen molar-refractivity contribution < 1.29 is 19.1 Å². The van der Waals surface area contributed by atoms with Crippen LogP contribution in [-0.4, -0.2) is 23.7 Å². The molecule has 1 aromatic rings. The van der Waals surface area contributed by atoms with Crippen LogP contribution in [-0.2, 0) is 4.79 Å². The molecule has 0 heterocycles. The second kappa shape index (κ2) is 7.84. The molecular weight excluding hydrogens is 331 g/mol. The van der Waals surface area contributed by atoms with E-state index in [0.717, 1.165) is 0 Å². The molecule has 1 aromatic carbocycles. The van der Waals surface area contributed by atoms with Gasteiger partial charge >= 0.3 is 12.0 Å². The summed E-state index contributed by atoms with van der Waals surface area (Å²) in [6, 6.07) is 3.68. The molecule has 0 unspecified atom stereocenters. The molecule has 110 valence electrons. The molecule has 0 saturated carbocycles. The van der Waals surface area contributed by atoms with Crippen molar-refractivity contribution in [3.8, 4) is 0 Å². The smallest absolute Gasteiger partial charge is 0.315 e. The molecule has 0 aliphatic rings. The van der Waals surface area contributed by atoms with Gasteiger partial charge in [-0.05, 0) is 25.5 Å². The van der Waals surface area contributed by atoms with E-state index in [-0.39, 0.29) is 13.0 Å². The third kappa shape index (κ3) is 5.56. The van der Waals surface area contributed by atoms with Gasteiger partial charge < -0.3 is 15.7 Å². The number of benzene rings is 1. The zero-order valence-corrected chi connectivity index (χ0v) is 12.5. The zero-order chi connectivity index (χ0) is 15.1. The van der Waals surface area contributed by atoms with Gasteiger partial charge in [-0.25, -0.2) is 9.18 Å². The Bertz CT molecular complexity index is 497. The molecule has 0 aliphatic carbocycles. The van der Waals surface area contributed by atoms with E-state index in [4.69, 9.17) is 5.11 Å². The Morgan fingerprint density at radius 1 is 1.45 bits per heavy atom. The van der Waals surface area contributed by atoms with Crippen LogP contribution in [0.3, 0.4) is 0 Å². The first-order chi connectivity index (χ1) is 9.40. The standard InChI is InChI=1S/C13H16BrFN2O3/c1-8(10-5-4-9(14)7-11(10)15)17-13(20)16-6-2-3-12(18)19/h4-5,7-8H,2-3,6H2,1H3,(H,18,19)(H2,16,17,20)/t8-/m0/s1. The Morgan fingerprint density at radius 2 is 2.15 bits per heavy atom. The van der Waals surface area contributed by atoms with Crippen LogP contribution in [0.2, 0.25) is 0 Å². The van der Waals surface area contributed by atoms with E-state index in [1.54, 1.807) is 19.1 Å². The molecule has 0 aliphatic heterocycles. The van der Waals surface area contributed by atoms with Crippen molar-refractivity contribution in [3.63, 3.8) is 0 Å². The van der Waals surface area contributed by atoms with Crippen molar-refractivity contribution in [2.45, 2.75) is 25.8 Å². The molecular formula is C13H16BrFN2O3. The van der Waals surface area contributed by atoms with E-state index < -0.39 is 23.9 Å². The predicted octanol–water partition coefficient (Wildman–Crippen LogP) is 2.81. The summed E-state index contributed by atoms with van der Waals surface area (Å²) < 4.78 is 14.3. The number of hydrogen-bond donors (Lipinski definition) is 3. The lowest BCUT2D eigenvalue weighted by Crippen LogP contribution is -2.37. The maximum atomic E-state index is 13.7. The molecule has 0 aromatic heterocycles. The number of halogens is 2. The third-order valence-electron chi connectivity index (χ3n) is 2.63. The molecule has 2 amide bonds. The highest BCUT2D eigenvalue weighted by atomic mass is 79.9. The zero-order valence-electron chi connectivity index (χ0n) is 11.0. The minimum Gasteiger partial charge on any atom is -0.481 e. The van der Waals surface area contributed by atoms with Crippen molar-refractivity contribution in [2.75, 3.05) is 6.54 Å². The lowest BCUT2D eigenvalue weighted by atomic mass is 10.1. The normalized spacial score (nSPS) is 11.8. The number of carboxylic acids is 1. The lowest BCUT2D eigenvalue weighted by Gasteiger charge is -2.15. The van der Waals surface area contributed by atoms with E-state index >= 15 is 0 Å². The largest absolute Gasteiger partial charge is 0.481 e. The summed E-state index contributed by atoms with van der Waals surface area (Å²) in [6.07, 6.45) is 0.348. The van der Waals surface area contributed by atoms with Crippen molar-refractivity contribution >= 4 is 27.9 Å². The highest BCUT2D eigenvalue weighted by Crippen LogP contribution is 2.20. The highest BCUT2D eigenvalue weighted by Gasteiger charge is 2.13. The Morgan fingerprint density at radius 3 is 2.75 bits per heavy atom. The first kappa shape index (κ1) is 16.4. The lowest BCUT2D eigenvalue weighted by molar-refractivity contribution is -0.137. The number of hydrogen-bond acceptors (Lipinski definition) is 2. The van der Waals surface area contributed by atoms with Crippen LogP contribution in [0.15, 0.2) is 22.7 Å². The minimum atomic E-state index is -0.905. The van der Waals surface area contributed by atoms with Gasteiger partial charge in [0, 0.05) is 23.0 Å². The summed E-state index contributed by atoms with van der Waals surface area (Å²) in [5, 5.41) is 13.6. The van der Waals surface area contributed by atoms with E-state index in [1.807, 2.05) is 0 Å². The van der Waals surface area contributed by atoms with Crippen molar-refractivity contribution in [1.82, 2.24) is 10.6 Å². The van der Waals surface area contributed by atoms with Crippen LogP contribution in [0.25, 0.3) is 0 Å². The molecule has 0 bridgehead atoms. The van der Waals surface area contributed by atoms with Crippen LogP contribution >= 0.6 is 15.9 Å². The summed E-state index contributed by atoms with van der Waals surface area (Å²) >= 11 is 3.16. The Hall–Kier alpha value is -1.63. The van der Waals surface area contributed by atoms with Gasteiger partial charge in [-0.2, -0.15) is 0 Å². The summed E-state index contributed by atoms with van der Waals surface area (Å²) in [5.41, 5.74) is 0.383. The van der Waals surface area contributed by atoms with E-state index in [9.17, 15) is 14.0 Å². The number of carbonyl (C=O) groups excluding carboxylic acids is 1. The Balaban J connectivity index is 2.43. The average molecular weight is 347 g/mol. The second-order valence-electron chi connectivity index (χ2n) is 4.29. The van der Waals surface area contributed by atoms with Crippen molar-refractivity contribution in [1.29, 1.82) is 0 Å². The fourth-order valence-corrected chi connectivity index (χ4v) is 1.95. The van der Waals surface area contributed by atoms with Crippen molar-refractivity contribution in [2.24, 2.45) is 0 Å². The van der Waals surface area contributed by atoms with E-state index in [2.05, 4.69) is 26.6 Å². The van der Waals surface area contributed by atoms with Crippen LogP contribution in [0, 0.1) is 5.82 Å². The molecule has 1 atom stereocenters. The fraction of sp³-hybridized carbons (Fsp3) is 0.385. The van der Waals surface area contributed by atoms with Crippen LogP contribution in [0.4, 0.5) is 9.18 Å². The SMILES string of the molecule is C[C@H](NC(=O)NCCCC(=O)O)c1ccc(Br)cc1F. The van der Waals surface area contributed by atoms with Crippen LogP contribution in [0.5, 0.6) is 0 Å². The number of aliphatic carboxylic acids is 1. The first-order valence-electron chi connectivity index (χ1n) is 6.11. The Kier molecular flexibility index (Phi) is 6.44. The number of amides is 2. The summed E-state index contributed by atoms with van der Waals surface area (Å²) in [5.74, 6) is -1.31. The highest BCUT2D eigenvalue weighted by molar-refractivity contribution is 9.10. The first-order valence-corrected chi connectivity index (χ1v) is 6.90. The number of rotatable bonds is 6. The molecule has 7 heteroatoms. The van der Waals surface area contributed by atoms with Crippen LogP contribution in [0.1, 0.15) is 31.4 Å². The summed E-state index contributed by atoms with van der Waals surface area (Å²) in [6.45, 7) is 1.93. The second-order valence-corrected chi connectivity index (χ2v) is 5.20. The van der Waals surface area contributed by atoms with Gasteiger partial charge in [-0.3, -0.25) is 4.79 Å². The third-order valence-corrected chi connectivity index (χ3v) is 3.12. The maximum absolute atomic E-state index is 13.7. The molecule has 0 radical (unpaired) electrons. The predicted molar refractivity (Wildman–Crippen MR) is 75.9 cm³/mol. The van der Waals surface area contributed by atoms with E-state index in [1.165, 1.54) is 6.07 Å². The van der Waals surface area contributed by atoms with Gasteiger partial charge in [0.1, 0.15) is 5.82 Å². The van der Waals surface area contributed by atoms with E-state index in [0.29, 0.717) is 16.5 Å². The topological polar surface area (TPSA) is 78.4 Å². The van der Waals surface area contributed by atoms with Crippen molar-refractivity contribution in [3.05, 3.63) is 34.1 Å². The van der Waals surface area contributed by atoms with Gasteiger partial charge in [0.05, 0.1) is 6.04 Å². The quantitative estimate of drug-likeness (QED) is 0.693. The molecule has 20 heavy (non-hydrogen) atoms. The molecule has 5 nitrogen and oxygen atoms in total. The van der Waals surface area contributed by atoms with Gasteiger partial charge in [0.25, 0.3) is 0 Å². The van der Waals surface area contributed by atoms with Gasteiger partial charge in [0.15, 0.2) is 0 Å². The van der Waals surface area contributed by atoms with Gasteiger partial charge in [0.2, 0.25) is 0 Å². The molecule has 0 saturated heterocycles. The minimum absolute atomic E-state index is 0.00280. The number of carbonyl (C=O) groups is 2. The summed E-state index contributed by atoms with van der Waals surface area (Å²) in [4.78, 5) is 21.8. The number of carboxylic acid groups (broad SMARTS) is 1. The number of nitrogens with one attached hydrogen (secondary N) is 2. The van der Waals surface area contributed by atoms with Crippen LogP contribution < -0.4 is 10.6 Å². The van der Waals surface area contributed by atoms with Gasteiger partial charge in [-0.1, -0.05) is 22.0 Å². The molecule has 1 rings (SSSR count). The molecule has 0 fully saturated rings. The molecule has 0 spiro atoms. The molecule has 3 N–H and O–H groups in total. The maximum Gasteiger partial charge on any atom is 0.315 e. The summed E-state index contributed by atoms with van der Waals surface area (Å²) in [7, 11) is 0. The number of urea groups is 1. The fourth-order valence-electron chi connectivity index (χ4n) is 1.62. The average Bonchev–Trinajstić information content (AvgIpc) is 2.34. The van der Waals surface area contributed by atoms with Gasteiger partial charge in [-0.15, -0.1) is 0 Å². The Labute approximate surface area is 124 Å².